The number of hydrogen-bond acceptors (Lipinski definition) is 1. The Labute approximate surface area is 107 Å². The molecule has 0 spiro atoms. The van der Waals surface area contributed by atoms with Gasteiger partial charge in [0.2, 0.25) is 0 Å². The maximum Gasteiger partial charge on any atom is 0.132 e. The maximum absolute atomic E-state index is 11.6. The second kappa shape index (κ2) is 4.74. The summed E-state index contributed by atoms with van der Waals surface area (Å²) in [5.74, 6) is 0.472. The van der Waals surface area contributed by atoms with Gasteiger partial charge in [-0.2, -0.15) is 0 Å². The zero-order chi connectivity index (χ0) is 13.3. The van der Waals surface area contributed by atoms with Crippen molar-refractivity contribution in [3.05, 3.63) is 0 Å². The van der Waals surface area contributed by atoms with E-state index in [1.54, 1.807) is 0 Å². The van der Waals surface area contributed by atoms with Gasteiger partial charge in [-0.3, -0.25) is 4.79 Å². The van der Waals surface area contributed by atoms with Gasteiger partial charge in [0.1, 0.15) is 5.78 Å². The zero-order valence-corrected chi connectivity index (χ0v) is 12.7. The largest absolute Gasteiger partial charge is 0.300 e. The first-order valence-electron chi connectivity index (χ1n) is 7.24. The molecule has 1 aliphatic rings. The molecule has 0 bridgehead atoms. The van der Waals surface area contributed by atoms with Crippen molar-refractivity contribution in [2.75, 3.05) is 0 Å². The Bertz CT molecular complexity index is 258. The fraction of sp³-hybridized carbons (Fsp3) is 0.938. The van der Waals surface area contributed by atoms with Crippen molar-refractivity contribution in [3.8, 4) is 0 Å². The van der Waals surface area contributed by atoms with E-state index in [0.717, 1.165) is 25.7 Å². The van der Waals surface area contributed by atoms with Gasteiger partial charge in [0, 0.05) is 12.8 Å². The topological polar surface area (TPSA) is 17.1 Å². The Morgan fingerprint density at radius 3 is 1.59 bits per heavy atom. The molecule has 0 aromatic rings. The molecule has 100 valence electrons. The SMILES string of the molecule is CCC(C)(C)C1(C(C)(C)CC)CCC(=O)CC1. The molecule has 0 amide bonds. The summed E-state index contributed by atoms with van der Waals surface area (Å²) in [4.78, 5) is 11.6. The monoisotopic (exact) mass is 238 g/mol. The van der Waals surface area contributed by atoms with Crippen LogP contribution in [0.15, 0.2) is 0 Å². The molecule has 1 heteroatoms. The summed E-state index contributed by atoms with van der Waals surface area (Å²) in [5.41, 5.74) is 0.984. The molecule has 0 radical (unpaired) electrons. The molecule has 0 aromatic carbocycles. The van der Waals surface area contributed by atoms with Crippen molar-refractivity contribution < 1.29 is 4.79 Å². The number of ketones is 1. The van der Waals surface area contributed by atoms with E-state index in [2.05, 4.69) is 41.5 Å². The normalized spacial score (nSPS) is 21.6. The first kappa shape index (κ1) is 14.7. The minimum atomic E-state index is 0.327. The van der Waals surface area contributed by atoms with Gasteiger partial charge in [-0.1, -0.05) is 54.4 Å². The summed E-state index contributed by atoms with van der Waals surface area (Å²) in [6, 6.07) is 0. The van der Waals surface area contributed by atoms with Gasteiger partial charge >= 0.3 is 0 Å². The van der Waals surface area contributed by atoms with E-state index >= 15 is 0 Å². The van der Waals surface area contributed by atoms with Crippen LogP contribution in [0, 0.1) is 16.2 Å². The van der Waals surface area contributed by atoms with E-state index < -0.39 is 0 Å². The number of hydrogen-bond donors (Lipinski definition) is 0. The predicted octanol–water partition coefficient (Wildman–Crippen LogP) is 4.99. The van der Waals surface area contributed by atoms with Crippen molar-refractivity contribution in [1.29, 1.82) is 0 Å². The molecular weight excluding hydrogens is 208 g/mol. The predicted molar refractivity (Wildman–Crippen MR) is 74.1 cm³/mol. The summed E-state index contributed by atoms with van der Waals surface area (Å²) in [5, 5.41) is 0. The quantitative estimate of drug-likeness (QED) is 0.674. The summed E-state index contributed by atoms with van der Waals surface area (Å²) < 4.78 is 0. The number of rotatable bonds is 4. The molecule has 1 aliphatic carbocycles. The Morgan fingerprint density at radius 2 is 1.29 bits per heavy atom. The van der Waals surface area contributed by atoms with Crippen LogP contribution in [-0.4, -0.2) is 5.78 Å². The van der Waals surface area contributed by atoms with Crippen LogP contribution in [0.4, 0.5) is 0 Å². The highest BCUT2D eigenvalue weighted by molar-refractivity contribution is 5.79. The van der Waals surface area contributed by atoms with E-state index in [1.807, 2.05) is 0 Å². The number of carbonyl (C=O) groups is 1. The molecule has 0 atom stereocenters. The Kier molecular flexibility index (Phi) is 4.11. The lowest BCUT2D eigenvalue weighted by Gasteiger charge is -2.58. The maximum atomic E-state index is 11.6. The Morgan fingerprint density at radius 1 is 0.941 bits per heavy atom. The highest BCUT2D eigenvalue weighted by atomic mass is 16.1. The van der Waals surface area contributed by atoms with Crippen LogP contribution >= 0.6 is 0 Å². The number of Topliss-reactive ketones (excluding diaryl/α,β-unsaturated/α-hetero) is 1. The minimum absolute atomic E-state index is 0.327. The standard InChI is InChI=1S/C16H30O/c1-7-14(3,4)16(15(5,6)8-2)11-9-13(17)10-12-16/h7-12H2,1-6H3. The van der Waals surface area contributed by atoms with Gasteiger partial charge < -0.3 is 0 Å². The second-order valence-corrected chi connectivity index (χ2v) is 7.10. The van der Waals surface area contributed by atoms with Crippen molar-refractivity contribution >= 4 is 5.78 Å². The summed E-state index contributed by atoms with van der Waals surface area (Å²) >= 11 is 0. The molecule has 1 saturated carbocycles. The summed E-state index contributed by atoms with van der Waals surface area (Å²) in [6.07, 6.45) is 6.18. The second-order valence-electron chi connectivity index (χ2n) is 7.10. The molecule has 0 N–H and O–H groups in total. The Balaban J connectivity index is 3.15. The molecule has 1 rings (SSSR count). The van der Waals surface area contributed by atoms with Gasteiger partial charge in [-0.15, -0.1) is 0 Å². The molecule has 1 nitrogen and oxygen atoms in total. The van der Waals surface area contributed by atoms with Gasteiger partial charge in [-0.25, -0.2) is 0 Å². The smallest absolute Gasteiger partial charge is 0.132 e. The van der Waals surface area contributed by atoms with Crippen molar-refractivity contribution in [2.24, 2.45) is 16.2 Å². The fourth-order valence-electron chi connectivity index (χ4n) is 3.90. The highest BCUT2D eigenvalue weighted by Gasteiger charge is 2.53. The van der Waals surface area contributed by atoms with Crippen LogP contribution in [0.3, 0.4) is 0 Å². The molecule has 0 unspecified atom stereocenters. The van der Waals surface area contributed by atoms with Crippen LogP contribution in [-0.2, 0) is 4.79 Å². The van der Waals surface area contributed by atoms with E-state index in [0.29, 0.717) is 22.0 Å². The molecule has 0 aliphatic heterocycles. The van der Waals surface area contributed by atoms with Crippen LogP contribution in [0.5, 0.6) is 0 Å². The van der Waals surface area contributed by atoms with Gasteiger partial charge in [-0.05, 0) is 29.1 Å². The molecule has 1 fully saturated rings. The lowest BCUT2D eigenvalue weighted by molar-refractivity contribution is -0.133. The molecule has 17 heavy (non-hydrogen) atoms. The van der Waals surface area contributed by atoms with Crippen molar-refractivity contribution in [1.82, 2.24) is 0 Å². The van der Waals surface area contributed by atoms with Crippen molar-refractivity contribution in [3.63, 3.8) is 0 Å². The Hall–Kier alpha value is -0.330. The lowest BCUT2D eigenvalue weighted by Crippen LogP contribution is -2.50. The average molecular weight is 238 g/mol. The third kappa shape index (κ3) is 2.30. The van der Waals surface area contributed by atoms with E-state index in [-0.39, 0.29) is 0 Å². The van der Waals surface area contributed by atoms with E-state index in [1.165, 1.54) is 12.8 Å². The van der Waals surface area contributed by atoms with E-state index in [4.69, 9.17) is 0 Å². The van der Waals surface area contributed by atoms with Crippen LogP contribution in [0.2, 0.25) is 0 Å². The minimum Gasteiger partial charge on any atom is -0.300 e. The van der Waals surface area contributed by atoms with Crippen molar-refractivity contribution in [2.45, 2.75) is 80.1 Å². The lowest BCUT2D eigenvalue weighted by atomic mass is 9.46. The molecule has 0 saturated heterocycles. The molecule has 0 heterocycles. The first-order chi connectivity index (χ1) is 7.72. The van der Waals surface area contributed by atoms with Gasteiger partial charge in [0.25, 0.3) is 0 Å². The zero-order valence-electron chi connectivity index (χ0n) is 12.7. The van der Waals surface area contributed by atoms with Gasteiger partial charge in [0.15, 0.2) is 0 Å². The first-order valence-corrected chi connectivity index (χ1v) is 7.24. The highest BCUT2D eigenvalue weighted by Crippen LogP contribution is 2.61. The van der Waals surface area contributed by atoms with Gasteiger partial charge in [0.05, 0.1) is 0 Å². The van der Waals surface area contributed by atoms with Crippen LogP contribution in [0.25, 0.3) is 0 Å². The molecular formula is C16H30O. The molecule has 0 aromatic heterocycles. The van der Waals surface area contributed by atoms with Crippen LogP contribution < -0.4 is 0 Å². The van der Waals surface area contributed by atoms with E-state index in [9.17, 15) is 4.79 Å². The summed E-state index contributed by atoms with van der Waals surface area (Å²) in [6.45, 7) is 14.2. The third-order valence-electron chi connectivity index (χ3n) is 6.02. The van der Waals surface area contributed by atoms with Crippen LogP contribution in [0.1, 0.15) is 80.1 Å². The number of carbonyl (C=O) groups excluding carboxylic acids is 1. The third-order valence-corrected chi connectivity index (χ3v) is 6.02. The average Bonchev–Trinajstić information content (AvgIpc) is 2.29. The fourth-order valence-corrected chi connectivity index (χ4v) is 3.90. The summed E-state index contributed by atoms with van der Waals surface area (Å²) in [7, 11) is 0.